The number of aromatic nitrogens is 1. The molecule has 0 aliphatic rings. The van der Waals surface area contributed by atoms with Crippen molar-refractivity contribution in [1.82, 2.24) is 5.16 Å². The van der Waals surface area contributed by atoms with E-state index in [4.69, 9.17) is 9.63 Å². The van der Waals surface area contributed by atoms with Gasteiger partial charge in [0, 0.05) is 18.1 Å². The number of aliphatic hydroxyl groups excluding tert-OH is 1. The third kappa shape index (κ3) is 2.63. The van der Waals surface area contributed by atoms with Crippen molar-refractivity contribution >= 4 is 0 Å². The Morgan fingerprint density at radius 3 is 2.20 bits per heavy atom. The van der Waals surface area contributed by atoms with Crippen molar-refractivity contribution in [2.75, 3.05) is 6.61 Å². The van der Waals surface area contributed by atoms with E-state index in [1.807, 2.05) is 36.4 Å². The van der Waals surface area contributed by atoms with E-state index >= 15 is 0 Å². The molecule has 0 saturated heterocycles. The fourth-order valence-corrected chi connectivity index (χ4v) is 2.14. The van der Waals surface area contributed by atoms with Gasteiger partial charge in [0.2, 0.25) is 0 Å². The van der Waals surface area contributed by atoms with E-state index in [9.17, 15) is 0 Å². The zero-order valence-corrected chi connectivity index (χ0v) is 11.0. The first-order valence-electron chi connectivity index (χ1n) is 6.59. The lowest BCUT2D eigenvalue weighted by atomic mass is 10.0. The topological polar surface area (TPSA) is 46.3 Å². The molecule has 3 rings (SSSR count). The molecule has 3 aromatic rings. The Labute approximate surface area is 117 Å². The molecule has 0 aliphatic carbocycles. The van der Waals surface area contributed by atoms with E-state index in [1.54, 1.807) is 0 Å². The SMILES string of the molecule is OCCc1cc(-c2ccc(-c3ccccc3)cc2)no1. The second kappa shape index (κ2) is 5.72. The predicted octanol–water partition coefficient (Wildman–Crippen LogP) is 3.54. The molecule has 0 atom stereocenters. The molecule has 20 heavy (non-hydrogen) atoms. The largest absolute Gasteiger partial charge is 0.396 e. The van der Waals surface area contributed by atoms with E-state index in [-0.39, 0.29) is 6.61 Å². The molecule has 0 fully saturated rings. The van der Waals surface area contributed by atoms with Gasteiger partial charge in [-0.2, -0.15) is 0 Å². The number of rotatable bonds is 4. The minimum atomic E-state index is 0.0710. The summed E-state index contributed by atoms with van der Waals surface area (Å²) in [5.41, 5.74) is 4.18. The van der Waals surface area contributed by atoms with Crippen LogP contribution in [0.4, 0.5) is 0 Å². The highest BCUT2D eigenvalue weighted by Crippen LogP contribution is 2.24. The van der Waals surface area contributed by atoms with Gasteiger partial charge < -0.3 is 9.63 Å². The van der Waals surface area contributed by atoms with Crippen LogP contribution in [0.25, 0.3) is 22.4 Å². The normalized spacial score (nSPS) is 10.7. The Morgan fingerprint density at radius 1 is 0.850 bits per heavy atom. The van der Waals surface area contributed by atoms with Crippen molar-refractivity contribution in [2.24, 2.45) is 0 Å². The fourth-order valence-electron chi connectivity index (χ4n) is 2.14. The number of aliphatic hydroxyl groups is 1. The van der Waals surface area contributed by atoms with E-state index in [2.05, 4.69) is 29.4 Å². The Bertz CT molecular complexity index is 672. The molecule has 3 heteroatoms. The molecule has 0 amide bonds. The van der Waals surface area contributed by atoms with Gasteiger partial charge in [-0.3, -0.25) is 0 Å². The van der Waals surface area contributed by atoms with Gasteiger partial charge in [-0.15, -0.1) is 0 Å². The second-order valence-corrected chi connectivity index (χ2v) is 4.60. The lowest BCUT2D eigenvalue weighted by Gasteiger charge is -2.02. The van der Waals surface area contributed by atoms with Crippen LogP contribution in [-0.4, -0.2) is 16.9 Å². The molecule has 1 aromatic heterocycles. The van der Waals surface area contributed by atoms with E-state index in [1.165, 1.54) is 11.1 Å². The van der Waals surface area contributed by atoms with Gasteiger partial charge in [0.25, 0.3) is 0 Å². The first-order valence-corrected chi connectivity index (χ1v) is 6.59. The van der Waals surface area contributed by atoms with Crippen molar-refractivity contribution in [3.8, 4) is 22.4 Å². The summed E-state index contributed by atoms with van der Waals surface area (Å²) >= 11 is 0. The molecular formula is C17H15NO2. The summed E-state index contributed by atoms with van der Waals surface area (Å²) in [7, 11) is 0. The van der Waals surface area contributed by atoms with Crippen LogP contribution >= 0.6 is 0 Å². The molecule has 0 spiro atoms. The summed E-state index contributed by atoms with van der Waals surface area (Å²) in [5.74, 6) is 0.703. The van der Waals surface area contributed by atoms with E-state index in [0.29, 0.717) is 12.2 Å². The van der Waals surface area contributed by atoms with Crippen LogP contribution in [0.1, 0.15) is 5.76 Å². The molecular weight excluding hydrogens is 250 g/mol. The predicted molar refractivity (Wildman–Crippen MR) is 78.2 cm³/mol. The summed E-state index contributed by atoms with van der Waals surface area (Å²) in [6.45, 7) is 0.0710. The summed E-state index contributed by atoms with van der Waals surface area (Å²) in [6.07, 6.45) is 0.495. The maximum Gasteiger partial charge on any atom is 0.139 e. The zero-order valence-electron chi connectivity index (χ0n) is 11.0. The van der Waals surface area contributed by atoms with Gasteiger partial charge in [0.15, 0.2) is 0 Å². The van der Waals surface area contributed by atoms with Gasteiger partial charge in [-0.05, 0) is 11.1 Å². The second-order valence-electron chi connectivity index (χ2n) is 4.60. The summed E-state index contributed by atoms with van der Waals surface area (Å²) in [4.78, 5) is 0. The average Bonchev–Trinajstić information content (AvgIpc) is 2.97. The molecule has 0 saturated carbocycles. The van der Waals surface area contributed by atoms with Crippen LogP contribution in [0.5, 0.6) is 0 Å². The van der Waals surface area contributed by atoms with Gasteiger partial charge >= 0.3 is 0 Å². The van der Waals surface area contributed by atoms with E-state index in [0.717, 1.165) is 11.3 Å². The van der Waals surface area contributed by atoms with Crippen molar-refractivity contribution in [3.05, 3.63) is 66.4 Å². The third-order valence-electron chi connectivity index (χ3n) is 3.20. The molecule has 0 radical (unpaired) electrons. The first kappa shape index (κ1) is 12.6. The summed E-state index contributed by atoms with van der Waals surface area (Å²) < 4.78 is 5.16. The highest BCUT2D eigenvalue weighted by molar-refractivity contribution is 5.68. The smallest absolute Gasteiger partial charge is 0.139 e. The number of hydrogen-bond acceptors (Lipinski definition) is 3. The Morgan fingerprint density at radius 2 is 1.50 bits per heavy atom. The third-order valence-corrected chi connectivity index (χ3v) is 3.20. The molecule has 0 bridgehead atoms. The average molecular weight is 265 g/mol. The minimum Gasteiger partial charge on any atom is -0.396 e. The standard InChI is InChI=1S/C17H15NO2/c19-11-10-16-12-17(18-20-16)15-8-6-14(7-9-15)13-4-2-1-3-5-13/h1-9,12,19H,10-11H2. The van der Waals surface area contributed by atoms with Crippen molar-refractivity contribution in [1.29, 1.82) is 0 Å². The first-order chi connectivity index (χ1) is 9.86. The van der Waals surface area contributed by atoms with E-state index < -0.39 is 0 Å². The van der Waals surface area contributed by atoms with Crippen molar-refractivity contribution in [3.63, 3.8) is 0 Å². The summed E-state index contributed by atoms with van der Waals surface area (Å²) in [5, 5.41) is 12.9. The van der Waals surface area contributed by atoms with Crippen LogP contribution in [-0.2, 0) is 6.42 Å². The number of benzene rings is 2. The molecule has 100 valence electrons. The lowest BCUT2D eigenvalue weighted by Crippen LogP contribution is -1.86. The zero-order chi connectivity index (χ0) is 13.8. The quantitative estimate of drug-likeness (QED) is 0.784. The van der Waals surface area contributed by atoms with Crippen LogP contribution in [0, 0.1) is 0 Å². The Balaban J connectivity index is 1.85. The van der Waals surface area contributed by atoms with Crippen molar-refractivity contribution in [2.45, 2.75) is 6.42 Å². The Hall–Kier alpha value is -2.39. The summed E-state index contributed by atoms with van der Waals surface area (Å²) in [6, 6.07) is 20.3. The fraction of sp³-hybridized carbons (Fsp3) is 0.118. The highest BCUT2D eigenvalue weighted by Gasteiger charge is 2.06. The molecule has 3 nitrogen and oxygen atoms in total. The van der Waals surface area contributed by atoms with Crippen LogP contribution in [0.2, 0.25) is 0 Å². The van der Waals surface area contributed by atoms with Crippen LogP contribution < -0.4 is 0 Å². The maximum atomic E-state index is 8.87. The van der Waals surface area contributed by atoms with Gasteiger partial charge in [-0.25, -0.2) is 0 Å². The monoisotopic (exact) mass is 265 g/mol. The molecule has 0 aliphatic heterocycles. The molecule has 0 unspecified atom stereocenters. The van der Waals surface area contributed by atoms with Crippen LogP contribution in [0.15, 0.2) is 65.2 Å². The van der Waals surface area contributed by atoms with Crippen LogP contribution in [0.3, 0.4) is 0 Å². The van der Waals surface area contributed by atoms with Crippen molar-refractivity contribution < 1.29 is 9.63 Å². The lowest BCUT2D eigenvalue weighted by molar-refractivity contribution is 0.277. The van der Waals surface area contributed by atoms with Gasteiger partial charge in [0.05, 0.1) is 6.61 Å². The maximum absolute atomic E-state index is 8.87. The highest BCUT2D eigenvalue weighted by atomic mass is 16.5. The molecule has 1 heterocycles. The van der Waals surface area contributed by atoms with Gasteiger partial charge in [-0.1, -0.05) is 59.8 Å². The number of nitrogens with zero attached hydrogens (tertiary/aromatic N) is 1. The van der Waals surface area contributed by atoms with Gasteiger partial charge in [0.1, 0.15) is 11.5 Å². The molecule has 2 aromatic carbocycles. The minimum absolute atomic E-state index is 0.0710. The molecule has 1 N–H and O–H groups in total. The number of hydrogen-bond donors (Lipinski definition) is 1. The Kier molecular flexibility index (Phi) is 3.61.